The molecule has 1 fully saturated rings. The van der Waals surface area contributed by atoms with Gasteiger partial charge in [-0.1, -0.05) is 20.8 Å². The Bertz CT molecular complexity index is 363. The lowest BCUT2D eigenvalue weighted by molar-refractivity contribution is 0.0194. The molecule has 0 aromatic carbocycles. The van der Waals surface area contributed by atoms with Crippen molar-refractivity contribution in [1.82, 2.24) is 10.6 Å². The molecule has 0 saturated heterocycles. The second-order valence-electron chi connectivity index (χ2n) is 7.03. The summed E-state index contributed by atoms with van der Waals surface area (Å²) in [5.74, 6) is 0.713. The maximum absolute atomic E-state index is 11.8. The quantitative estimate of drug-likeness (QED) is 0.819. The third-order valence-electron chi connectivity index (χ3n) is 4.28. The minimum absolute atomic E-state index is 0.00227. The van der Waals surface area contributed by atoms with E-state index in [-0.39, 0.29) is 23.5 Å². The lowest BCUT2D eigenvalue weighted by Gasteiger charge is -2.29. The lowest BCUT2D eigenvalue weighted by Crippen LogP contribution is -2.45. The highest BCUT2D eigenvalue weighted by Gasteiger charge is 2.25. The molecule has 0 spiro atoms. The van der Waals surface area contributed by atoms with Gasteiger partial charge in [-0.15, -0.1) is 0 Å². The van der Waals surface area contributed by atoms with E-state index in [9.17, 15) is 4.79 Å². The Morgan fingerprint density at radius 1 is 1.29 bits per heavy atom. The van der Waals surface area contributed by atoms with Crippen LogP contribution in [0.5, 0.6) is 0 Å². The molecule has 0 aromatic heterocycles. The zero-order chi connectivity index (χ0) is 15.9. The maximum atomic E-state index is 11.8. The minimum Gasteiger partial charge on any atom is -0.379 e. The van der Waals surface area contributed by atoms with E-state index in [1.165, 1.54) is 0 Å². The monoisotopic (exact) mass is 295 g/mol. The molecular weight excluding hydrogens is 266 g/mol. The number of methoxy groups -OCH3 is 1. The first kappa shape index (κ1) is 17.8. The van der Waals surface area contributed by atoms with Crippen molar-refractivity contribution in [2.24, 2.45) is 17.3 Å². The SMILES string of the molecule is CO[C@H](CNC(=O)NCC1CCC(C#N)CC1)C(C)(C)C. The molecule has 0 radical (unpaired) electrons. The Kier molecular flexibility index (Phi) is 6.97. The molecule has 1 saturated carbocycles. The Morgan fingerprint density at radius 2 is 1.90 bits per heavy atom. The van der Waals surface area contributed by atoms with Crippen molar-refractivity contribution in [3.63, 3.8) is 0 Å². The molecule has 0 heterocycles. The van der Waals surface area contributed by atoms with Crippen LogP contribution in [0.2, 0.25) is 0 Å². The van der Waals surface area contributed by atoms with Crippen molar-refractivity contribution in [2.45, 2.75) is 52.6 Å². The summed E-state index contributed by atoms with van der Waals surface area (Å²) >= 11 is 0. The molecule has 2 N–H and O–H groups in total. The van der Waals surface area contributed by atoms with E-state index in [0.29, 0.717) is 19.0 Å². The van der Waals surface area contributed by atoms with Crippen LogP contribution in [-0.2, 0) is 4.74 Å². The highest BCUT2D eigenvalue weighted by Crippen LogP contribution is 2.27. The van der Waals surface area contributed by atoms with E-state index in [0.717, 1.165) is 25.7 Å². The molecule has 21 heavy (non-hydrogen) atoms. The number of hydrogen-bond donors (Lipinski definition) is 2. The van der Waals surface area contributed by atoms with Crippen LogP contribution in [0.1, 0.15) is 46.5 Å². The summed E-state index contributed by atoms with van der Waals surface area (Å²) in [7, 11) is 1.67. The van der Waals surface area contributed by atoms with Crippen molar-refractivity contribution in [3.05, 3.63) is 0 Å². The van der Waals surface area contributed by atoms with Gasteiger partial charge in [0.25, 0.3) is 0 Å². The molecule has 1 atom stereocenters. The molecule has 120 valence electrons. The van der Waals surface area contributed by atoms with E-state index in [4.69, 9.17) is 10.00 Å². The fourth-order valence-corrected chi connectivity index (χ4v) is 2.72. The number of hydrogen-bond acceptors (Lipinski definition) is 3. The highest BCUT2D eigenvalue weighted by atomic mass is 16.5. The number of nitrogens with zero attached hydrogens (tertiary/aromatic N) is 1. The average Bonchev–Trinajstić information content (AvgIpc) is 2.45. The summed E-state index contributed by atoms with van der Waals surface area (Å²) in [4.78, 5) is 11.8. The molecule has 1 rings (SSSR count). The van der Waals surface area contributed by atoms with Gasteiger partial charge in [0.15, 0.2) is 0 Å². The molecule has 0 bridgehead atoms. The topological polar surface area (TPSA) is 74.2 Å². The van der Waals surface area contributed by atoms with Gasteiger partial charge in [0, 0.05) is 26.1 Å². The van der Waals surface area contributed by atoms with Crippen LogP contribution in [0.15, 0.2) is 0 Å². The Morgan fingerprint density at radius 3 is 2.38 bits per heavy atom. The standard InChI is InChI=1S/C16H29N3O2/c1-16(2,3)14(21-4)11-19-15(20)18-10-13-7-5-12(9-17)6-8-13/h12-14H,5-8,10-11H2,1-4H3,(H2,18,19,20)/t12?,13?,14-/m1/s1. The van der Waals surface area contributed by atoms with Crippen molar-refractivity contribution in [1.29, 1.82) is 5.26 Å². The fraction of sp³-hybridized carbons (Fsp3) is 0.875. The van der Waals surface area contributed by atoms with Gasteiger partial charge in [0.05, 0.1) is 12.2 Å². The number of amides is 2. The summed E-state index contributed by atoms with van der Waals surface area (Å²) in [5.41, 5.74) is -0.00227. The summed E-state index contributed by atoms with van der Waals surface area (Å²) < 4.78 is 5.41. The number of rotatable bonds is 5. The number of nitrogens with one attached hydrogen (secondary N) is 2. The number of nitriles is 1. The molecule has 1 aliphatic carbocycles. The summed E-state index contributed by atoms with van der Waals surface area (Å²) in [6.07, 6.45) is 3.97. The minimum atomic E-state index is -0.135. The van der Waals surface area contributed by atoms with Gasteiger partial charge in [-0.05, 0) is 37.0 Å². The first-order valence-electron chi connectivity index (χ1n) is 7.81. The molecule has 0 aromatic rings. The van der Waals surface area contributed by atoms with Gasteiger partial charge in [-0.25, -0.2) is 4.79 Å². The molecular formula is C16H29N3O2. The van der Waals surface area contributed by atoms with Gasteiger partial charge < -0.3 is 15.4 Å². The highest BCUT2D eigenvalue weighted by molar-refractivity contribution is 5.73. The van der Waals surface area contributed by atoms with Crippen LogP contribution in [0, 0.1) is 28.6 Å². The largest absolute Gasteiger partial charge is 0.379 e. The van der Waals surface area contributed by atoms with Crippen molar-refractivity contribution in [3.8, 4) is 6.07 Å². The zero-order valence-electron chi connectivity index (χ0n) is 13.7. The van der Waals surface area contributed by atoms with Gasteiger partial charge >= 0.3 is 6.03 Å². The smallest absolute Gasteiger partial charge is 0.314 e. The second kappa shape index (κ2) is 8.23. The summed E-state index contributed by atoms with van der Waals surface area (Å²) in [5, 5.41) is 14.7. The third kappa shape index (κ3) is 6.34. The van der Waals surface area contributed by atoms with Crippen molar-refractivity contribution >= 4 is 6.03 Å². The van der Waals surface area contributed by atoms with Gasteiger partial charge in [0.2, 0.25) is 0 Å². The fourth-order valence-electron chi connectivity index (χ4n) is 2.72. The Balaban J connectivity index is 2.21. The number of ether oxygens (including phenoxy) is 1. The summed E-state index contributed by atoms with van der Waals surface area (Å²) in [6.45, 7) is 7.47. The van der Waals surface area contributed by atoms with Crippen LogP contribution in [0.25, 0.3) is 0 Å². The van der Waals surface area contributed by atoms with Crippen LogP contribution in [-0.4, -0.2) is 32.3 Å². The second-order valence-corrected chi connectivity index (χ2v) is 7.03. The van der Waals surface area contributed by atoms with E-state index in [1.807, 2.05) is 0 Å². The predicted octanol–water partition coefficient (Wildman–Crippen LogP) is 2.68. The first-order chi connectivity index (χ1) is 9.86. The number of carbonyl (C=O) groups excluding carboxylic acids is 1. The molecule has 5 heteroatoms. The number of carbonyl (C=O) groups is 1. The van der Waals surface area contributed by atoms with Crippen molar-refractivity contribution < 1.29 is 9.53 Å². The average molecular weight is 295 g/mol. The van der Waals surface area contributed by atoms with E-state index in [1.54, 1.807) is 7.11 Å². The molecule has 5 nitrogen and oxygen atoms in total. The van der Waals surface area contributed by atoms with Crippen molar-refractivity contribution in [2.75, 3.05) is 20.2 Å². The Hall–Kier alpha value is -1.28. The van der Waals surface area contributed by atoms with E-state index >= 15 is 0 Å². The molecule has 2 amide bonds. The Labute approximate surface area is 128 Å². The molecule has 0 unspecified atom stereocenters. The maximum Gasteiger partial charge on any atom is 0.314 e. The van der Waals surface area contributed by atoms with Crippen LogP contribution in [0.4, 0.5) is 4.79 Å². The van der Waals surface area contributed by atoms with E-state index in [2.05, 4.69) is 37.5 Å². The van der Waals surface area contributed by atoms with Gasteiger partial charge in [0.1, 0.15) is 0 Å². The lowest BCUT2D eigenvalue weighted by atomic mass is 9.83. The predicted molar refractivity (Wildman–Crippen MR) is 82.7 cm³/mol. The van der Waals surface area contributed by atoms with Crippen LogP contribution in [0.3, 0.4) is 0 Å². The van der Waals surface area contributed by atoms with Crippen LogP contribution < -0.4 is 10.6 Å². The van der Waals surface area contributed by atoms with E-state index < -0.39 is 0 Å². The van der Waals surface area contributed by atoms with Gasteiger partial charge in [-0.2, -0.15) is 5.26 Å². The summed E-state index contributed by atoms with van der Waals surface area (Å²) in [6, 6.07) is 2.19. The zero-order valence-corrected chi connectivity index (χ0v) is 13.7. The van der Waals surface area contributed by atoms with Gasteiger partial charge in [-0.3, -0.25) is 0 Å². The first-order valence-corrected chi connectivity index (χ1v) is 7.81. The molecule has 0 aliphatic heterocycles. The number of urea groups is 1. The van der Waals surface area contributed by atoms with Crippen LogP contribution >= 0.6 is 0 Å². The third-order valence-corrected chi connectivity index (χ3v) is 4.28. The normalized spacial score (nSPS) is 24.0. The molecule has 1 aliphatic rings.